The lowest BCUT2D eigenvalue weighted by Gasteiger charge is -2.00. The van der Waals surface area contributed by atoms with Crippen LogP contribution in [0.25, 0.3) is 16.3 Å². The van der Waals surface area contributed by atoms with E-state index in [2.05, 4.69) is 12.0 Å². The fraction of sp³-hybridized carbons (Fsp3) is 0.125. The van der Waals surface area contributed by atoms with Crippen LogP contribution in [-0.4, -0.2) is 16.1 Å². The summed E-state index contributed by atoms with van der Waals surface area (Å²) in [6.07, 6.45) is 3.42. The highest BCUT2D eigenvalue weighted by atomic mass is 32.1. The summed E-state index contributed by atoms with van der Waals surface area (Å²) in [5, 5.41) is 4.47. The Hall–Kier alpha value is -2.27. The number of thiophene rings is 1. The van der Waals surface area contributed by atoms with E-state index in [1.807, 2.05) is 12.1 Å². The third-order valence-corrected chi connectivity index (χ3v) is 4.44. The second kappa shape index (κ2) is 5.61. The van der Waals surface area contributed by atoms with Crippen LogP contribution in [0, 0.1) is 5.82 Å². The van der Waals surface area contributed by atoms with Crippen molar-refractivity contribution in [1.29, 1.82) is 0 Å². The van der Waals surface area contributed by atoms with Gasteiger partial charge in [-0.25, -0.2) is 9.07 Å². The zero-order chi connectivity index (χ0) is 14.8. The Morgan fingerprint density at radius 3 is 2.62 bits per heavy atom. The minimum atomic E-state index is -0.299. The van der Waals surface area contributed by atoms with Crippen molar-refractivity contribution in [3.05, 3.63) is 58.9 Å². The molecule has 0 bridgehead atoms. The van der Waals surface area contributed by atoms with Crippen LogP contribution in [0.1, 0.15) is 22.2 Å². The number of aldehydes is 1. The molecule has 0 aliphatic heterocycles. The normalized spacial score (nSPS) is 10.8. The molecular formula is C16H13FN2OS. The maximum atomic E-state index is 13.0. The first-order chi connectivity index (χ1) is 10.2. The van der Waals surface area contributed by atoms with Gasteiger partial charge in [-0.05, 0) is 42.8 Å². The highest BCUT2D eigenvalue weighted by Gasteiger charge is 2.13. The average Bonchev–Trinajstić information content (AvgIpc) is 3.14. The van der Waals surface area contributed by atoms with Crippen LogP contribution in [0.5, 0.6) is 0 Å². The molecule has 0 saturated carbocycles. The van der Waals surface area contributed by atoms with Gasteiger partial charge in [0.2, 0.25) is 0 Å². The number of hydrogen-bond acceptors (Lipinski definition) is 3. The van der Waals surface area contributed by atoms with Gasteiger partial charge in [-0.2, -0.15) is 5.10 Å². The van der Waals surface area contributed by atoms with Crippen molar-refractivity contribution in [3.63, 3.8) is 0 Å². The van der Waals surface area contributed by atoms with Crippen molar-refractivity contribution in [1.82, 2.24) is 9.78 Å². The second-order valence-corrected chi connectivity index (χ2v) is 5.76. The molecule has 3 nitrogen and oxygen atoms in total. The first-order valence-electron chi connectivity index (χ1n) is 6.61. The molecular weight excluding hydrogens is 287 g/mol. The van der Waals surface area contributed by atoms with Gasteiger partial charge in [-0.15, -0.1) is 11.3 Å². The molecule has 0 N–H and O–H groups in total. The number of carbonyl (C=O) groups is 1. The van der Waals surface area contributed by atoms with E-state index in [-0.39, 0.29) is 5.82 Å². The van der Waals surface area contributed by atoms with Gasteiger partial charge in [0, 0.05) is 11.1 Å². The highest BCUT2D eigenvalue weighted by Crippen LogP contribution is 2.30. The third-order valence-electron chi connectivity index (χ3n) is 3.20. The largest absolute Gasteiger partial charge is 0.298 e. The fourth-order valence-electron chi connectivity index (χ4n) is 2.09. The van der Waals surface area contributed by atoms with Crippen LogP contribution >= 0.6 is 11.3 Å². The molecule has 0 radical (unpaired) electrons. The standard InChI is InChI=1S/C16H13FN2OS/c1-2-14-7-8-15(21-14)16-11(10-20)9-19(18-16)13-5-3-12(17)4-6-13/h3-10H,2H2,1H3. The number of nitrogens with zero attached hydrogens (tertiary/aromatic N) is 2. The van der Waals surface area contributed by atoms with E-state index in [1.165, 1.54) is 17.0 Å². The molecule has 1 aromatic carbocycles. The molecule has 21 heavy (non-hydrogen) atoms. The monoisotopic (exact) mass is 300 g/mol. The maximum Gasteiger partial charge on any atom is 0.153 e. The number of carbonyl (C=O) groups excluding carboxylic acids is 1. The Kier molecular flexibility index (Phi) is 3.66. The quantitative estimate of drug-likeness (QED) is 0.679. The molecule has 0 amide bonds. The van der Waals surface area contributed by atoms with Crippen molar-refractivity contribution < 1.29 is 9.18 Å². The van der Waals surface area contributed by atoms with E-state index in [9.17, 15) is 9.18 Å². The van der Waals surface area contributed by atoms with Crippen LogP contribution in [0.15, 0.2) is 42.6 Å². The van der Waals surface area contributed by atoms with Gasteiger partial charge >= 0.3 is 0 Å². The average molecular weight is 300 g/mol. The molecule has 3 aromatic rings. The first kappa shape index (κ1) is 13.7. The van der Waals surface area contributed by atoms with E-state index < -0.39 is 0 Å². The van der Waals surface area contributed by atoms with E-state index in [4.69, 9.17) is 0 Å². The number of hydrogen-bond donors (Lipinski definition) is 0. The summed E-state index contributed by atoms with van der Waals surface area (Å²) in [6, 6.07) is 10.0. The predicted molar refractivity (Wildman–Crippen MR) is 81.6 cm³/mol. The zero-order valence-electron chi connectivity index (χ0n) is 11.4. The van der Waals surface area contributed by atoms with E-state index in [0.717, 1.165) is 23.3 Å². The fourth-order valence-corrected chi connectivity index (χ4v) is 3.04. The van der Waals surface area contributed by atoms with Crippen molar-refractivity contribution in [2.75, 3.05) is 0 Å². The Labute approximate surface area is 125 Å². The molecule has 5 heteroatoms. The predicted octanol–water partition coefficient (Wildman–Crippen LogP) is 4.11. The van der Waals surface area contributed by atoms with E-state index in [1.54, 1.807) is 34.3 Å². The van der Waals surface area contributed by atoms with Crippen molar-refractivity contribution in [2.24, 2.45) is 0 Å². The molecule has 0 aliphatic rings. The second-order valence-electron chi connectivity index (χ2n) is 4.59. The summed E-state index contributed by atoms with van der Waals surface area (Å²) in [5.74, 6) is -0.299. The Balaban J connectivity index is 2.05. The van der Waals surface area contributed by atoms with Gasteiger partial charge in [0.05, 0.1) is 16.1 Å². The first-order valence-corrected chi connectivity index (χ1v) is 7.42. The summed E-state index contributed by atoms with van der Waals surface area (Å²) in [4.78, 5) is 13.5. The molecule has 2 aromatic heterocycles. The lowest BCUT2D eigenvalue weighted by atomic mass is 10.2. The zero-order valence-corrected chi connectivity index (χ0v) is 12.2. The Bertz CT molecular complexity index is 774. The van der Waals surface area contributed by atoms with Gasteiger partial charge in [0.25, 0.3) is 0 Å². The van der Waals surface area contributed by atoms with Gasteiger partial charge < -0.3 is 0 Å². The lowest BCUT2D eigenvalue weighted by Crippen LogP contribution is -1.94. The van der Waals surface area contributed by atoms with Gasteiger partial charge in [-0.3, -0.25) is 4.79 Å². The van der Waals surface area contributed by atoms with E-state index in [0.29, 0.717) is 11.3 Å². The van der Waals surface area contributed by atoms with Crippen molar-refractivity contribution >= 4 is 17.6 Å². The van der Waals surface area contributed by atoms with Crippen molar-refractivity contribution in [2.45, 2.75) is 13.3 Å². The van der Waals surface area contributed by atoms with Crippen LogP contribution in [0.2, 0.25) is 0 Å². The molecule has 2 heterocycles. The van der Waals surface area contributed by atoms with Crippen LogP contribution < -0.4 is 0 Å². The van der Waals surface area contributed by atoms with Gasteiger partial charge in [-0.1, -0.05) is 6.92 Å². The molecule has 3 rings (SSSR count). The molecule has 0 saturated heterocycles. The minimum absolute atomic E-state index is 0.299. The summed E-state index contributed by atoms with van der Waals surface area (Å²) < 4.78 is 14.6. The summed E-state index contributed by atoms with van der Waals surface area (Å²) in [7, 11) is 0. The van der Waals surface area contributed by atoms with Gasteiger partial charge in [0.15, 0.2) is 6.29 Å². The lowest BCUT2D eigenvalue weighted by molar-refractivity contribution is 0.112. The third kappa shape index (κ3) is 2.64. The maximum absolute atomic E-state index is 13.0. The minimum Gasteiger partial charge on any atom is -0.298 e. The molecule has 0 unspecified atom stereocenters. The highest BCUT2D eigenvalue weighted by molar-refractivity contribution is 7.15. The van der Waals surface area contributed by atoms with Crippen LogP contribution in [-0.2, 0) is 6.42 Å². The van der Waals surface area contributed by atoms with Crippen molar-refractivity contribution in [3.8, 4) is 16.3 Å². The van der Waals surface area contributed by atoms with Crippen LogP contribution in [0.4, 0.5) is 4.39 Å². The van der Waals surface area contributed by atoms with Gasteiger partial charge in [0.1, 0.15) is 11.5 Å². The molecule has 0 spiro atoms. The molecule has 0 aliphatic carbocycles. The molecule has 0 fully saturated rings. The number of aryl methyl sites for hydroxylation is 1. The smallest absolute Gasteiger partial charge is 0.153 e. The SMILES string of the molecule is CCc1ccc(-c2nn(-c3ccc(F)cc3)cc2C=O)s1. The topological polar surface area (TPSA) is 34.9 Å². The number of rotatable bonds is 4. The molecule has 106 valence electrons. The van der Waals surface area contributed by atoms with E-state index >= 15 is 0 Å². The number of halogens is 1. The number of benzene rings is 1. The number of aromatic nitrogens is 2. The summed E-state index contributed by atoms with van der Waals surface area (Å²) in [6.45, 7) is 2.09. The van der Waals surface area contributed by atoms with Crippen LogP contribution in [0.3, 0.4) is 0 Å². The molecule has 0 atom stereocenters. The Morgan fingerprint density at radius 2 is 2.00 bits per heavy atom. The summed E-state index contributed by atoms with van der Waals surface area (Å²) >= 11 is 1.63. The summed E-state index contributed by atoms with van der Waals surface area (Å²) in [5.41, 5.74) is 1.92. The Morgan fingerprint density at radius 1 is 1.24 bits per heavy atom.